The first-order chi connectivity index (χ1) is 9.85. The summed E-state index contributed by atoms with van der Waals surface area (Å²) in [4.78, 5) is 13.0. The topological polar surface area (TPSA) is 32.3 Å². The van der Waals surface area contributed by atoms with E-state index in [2.05, 4.69) is 5.32 Å². The van der Waals surface area contributed by atoms with Crippen molar-refractivity contribution in [2.24, 2.45) is 5.92 Å². The molecule has 3 nitrogen and oxygen atoms in total. The van der Waals surface area contributed by atoms with E-state index >= 15 is 0 Å². The van der Waals surface area contributed by atoms with Crippen LogP contribution in [0.2, 0.25) is 0 Å². The van der Waals surface area contributed by atoms with Gasteiger partial charge in [0.25, 0.3) is 0 Å². The number of carbonyl (C=O) groups excluding carboxylic acids is 1. The fourth-order valence-corrected chi connectivity index (χ4v) is 2.22. The molecule has 1 amide bonds. The van der Waals surface area contributed by atoms with Gasteiger partial charge in [-0.2, -0.15) is 13.2 Å². The van der Waals surface area contributed by atoms with E-state index in [1.54, 1.807) is 0 Å². The number of nitrogens with zero attached hydrogens (tertiary/aromatic N) is 1. The molecule has 1 aromatic rings. The third-order valence-electron chi connectivity index (χ3n) is 3.60. The number of alkyl halides is 3. The zero-order chi connectivity index (χ0) is 15.5. The van der Waals surface area contributed by atoms with Gasteiger partial charge >= 0.3 is 6.18 Å². The molecule has 2 rings (SSSR count). The van der Waals surface area contributed by atoms with E-state index in [0.717, 1.165) is 16.0 Å². The van der Waals surface area contributed by atoms with Gasteiger partial charge in [0.1, 0.15) is 6.54 Å². The van der Waals surface area contributed by atoms with Crippen LogP contribution in [0.3, 0.4) is 0 Å². The lowest BCUT2D eigenvalue weighted by molar-refractivity contribution is -0.164. The van der Waals surface area contributed by atoms with E-state index in [1.165, 1.54) is 0 Å². The monoisotopic (exact) mass is 336 g/mol. The Morgan fingerprint density at radius 3 is 2.32 bits per heavy atom. The van der Waals surface area contributed by atoms with Gasteiger partial charge in [0.15, 0.2) is 0 Å². The van der Waals surface area contributed by atoms with Crippen LogP contribution in [0.25, 0.3) is 0 Å². The first kappa shape index (κ1) is 18.8. The number of nitrogens with one attached hydrogen (secondary N) is 1. The number of aryl methyl sites for hydroxylation is 1. The number of hydrogen-bond donors (Lipinski definition) is 1. The highest BCUT2D eigenvalue weighted by atomic mass is 35.5. The molecule has 1 aromatic carbocycles. The maximum absolute atomic E-state index is 12.6. The molecule has 0 aliphatic carbocycles. The van der Waals surface area contributed by atoms with Gasteiger partial charge in [-0.25, -0.2) is 0 Å². The molecule has 1 aliphatic heterocycles. The van der Waals surface area contributed by atoms with Crippen LogP contribution < -0.4 is 5.32 Å². The normalized spacial score (nSPS) is 14.9. The predicted octanol–water partition coefficient (Wildman–Crippen LogP) is 2.57. The van der Waals surface area contributed by atoms with Crippen molar-refractivity contribution < 1.29 is 18.0 Å². The van der Waals surface area contributed by atoms with Crippen molar-refractivity contribution in [2.75, 3.05) is 26.2 Å². The van der Waals surface area contributed by atoms with Gasteiger partial charge in [-0.1, -0.05) is 29.8 Å². The zero-order valence-corrected chi connectivity index (χ0v) is 13.1. The van der Waals surface area contributed by atoms with Gasteiger partial charge in [0.05, 0.1) is 5.92 Å². The molecule has 0 aromatic heterocycles. The molecule has 22 heavy (non-hydrogen) atoms. The second kappa shape index (κ2) is 7.83. The maximum Gasteiger partial charge on any atom is 0.406 e. The average Bonchev–Trinajstić information content (AvgIpc) is 2.33. The summed E-state index contributed by atoms with van der Waals surface area (Å²) < 4.78 is 37.9. The number of benzene rings is 1. The molecule has 0 saturated carbocycles. The van der Waals surface area contributed by atoms with Gasteiger partial charge in [-0.3, -0.25) is 4.79 Å². The smallest absolute Gasteiger partial charge is 0.333 e. The van der Waals surface area contributed by atoms with E-state index in [-0.39, 0.29) is 24.9 Å². The Morgan fingerprint density at radius 1 is 1.27 bits per heavy atom. The predicted molar refractivity (Wildman–Crippen MR) is 81.1 cm³/mol. The molecule has 1 saturated heterocycles. The Labute approximate surface area is 134 Å². The number of halogens is 4. The van der Waals surface area contributed by atoms with Crippen LogP contribution in [0.4, 0.5) is 13.2 Å². The summed E-state index contributed by atoms with van der Waals surface area (Å²) in [6.45, 7) is 1.81. The summed E-state index contributed by atoms with van der Waals surface area (Å²) in [5.41, 5.74) is 2.04. The molecule has 1 fully saturated rings. The van der Waals surface area contributed by atoms with Crippen molar-refractivity contribution in [3.63, 3.8) is 0 Å². The summed E-state index contributed by atoms with van der Waals surface area (Å²) >= 11 is 0. The van der Waals surface area contributed by atoms with Crippen LogP contribution in [-0.2, 0) is 11.2 Å². The number of hydrogen-bond acceptors (Lipinski definition) is 2. The Morgan fingerprint density at radius 2 is 1.86 bits per heavy atom. The highest BCUT2D eigenvalue weighted by Crippen LogP contribution is 2.19. The minimum absolute atomic E-state index is 0. The highest BCUT2D eigenvalue weighted by Gasteiger charge is 2.36. The first-order valence-electron chi connectivity index (χ1n) is 6.97. The van der Waals surface area contributed by atoms with Gasteiger partial charge < -0.3 is 10.2 Å². The Bertz CT molecular complexity index is 487. The van der Waals surface area contributed by atoms with Crippen molar-refractivity contribution in [3.8, 4) is 0 Å². The number of amides is 1. The van der Waals surface area contributed by atoms with Crippen molar-refractivity contribution in [1.82, 2.24) is 10.2 Å². The molecule has 1 N–H and O–H groups in total. The van der Waals surface area contributed by atoms with Crippen molar-refractivity contribution in [2.45, 2.75) is 19.5 Å². The number of rotatable bonds is 5. The lowest BCUT2D eigenvalue weighted by atomic mass is 10.0. The summed E-state index contributed by atoms with van der Waals surface area (Å²) in [5.74, 6) is -0.719. The molecule has 0 spiro atoms. The van der Waals surface area contributed by atoms with Gasteiger partial charge in [0, 0.05) is 19.6 Å². The van der Waals surface area contributed by atoms with Crippen LogP contribution >= 0.6 is 12.4 Å². The lowest BCUT2D eigenvalue weighted by Crippen LogP contribution is -2.54. The highest BCUT2D eigenvalue weighted by molar-refractivity contribution is 5.85. The van der Waals surface area contributed by atoms with E-state index < -0.39 is 18.6 Å². The third kappa shape index (κ3) is 5.50. The van der Waals surface area contributed by atoms with E-state index in [0.29, 0.717) is 19.5 Å². The summed E-state index contributed by atoms with van der Waals surface area (Å²) in [5, 5.41) is 2.91. The molecule has 0 bridgehead atoms. The fourth-order valence-electron chi connectivity index (χ4n) is 2.22. The molecule has 0 atom stereocenters. The first-order valence-corrected chi connectivity index (χ1v) is 6.97. The van der Waals surface area contributed by atoms with E-state index in [4.69, 9.17) is 0 Å². The second-order valence-electron chi connectivity index (χ2n) is 5.47. The van der Waals surface area contributed by atoms with E-state index in [1.807, 2.05) is 31.2 Å². The third-order valence-corrected chi connectivity index (χ3v) is 3.60. The standard InChI is InChI=1S/C15H19F3N2O.ClH/c1-11-2-4-12(5-3-11)6-7-20(10-15(16,17)18)14(21)13-8-19-9-13;/h2-5,13,19H,6-10H2,1H3;1H. The van der Waals surface area contributed by atoms with Gasteiger partial charge in [0.2, 0.25) is 5.91 Å². The average molecular weight is 337 g/mol. The molecular weight excluding hydrogens is 317 g/mol. The molecule has 7 heteroatoms. The Kier molecular flexibility index (Phi) is 6.68. The van der Waals surface area contributed by atoms with Gasteiger partial charge in [-0.05, 0) is 18.9 Å². The van der Waals surface area contributed by atoms with Gasteiger partial charge in [-0.15, -0.1) is 12.4 Å². The Hall–Kier alpha value is -1.27. The van der Waals surface area contributed by atoms with Crippen LogP contribution in [0.15, 0.2) is 24.3 Å². The molecule has 0 radical (unpaired) electrons. The number of carbonyl (C=O) groups is 1. The minimum atomic E-state index is -4.36. The molecule has 124 valence electrons. The SMILES string of the molecule is Cc1ccc(CCN(CC(F)(F)F)C(=O)C2CNC2)cc1.Cl. The van der Waals surface area contributed by atoms with Crippen LogP contribution in [0, 0.1) is 12.8 Å². The lowest BCUT2D eigenvalue weighted by Gasteiger charge is -2.33. The van der Waals surface area contributed by atoms with Crippen molar-refractivity contribution in [3.05, 3.63) is 35.4 Å². The summed E-state index contributed by atoms with van der Waals surface area (Å²) in [6, 6.07) is 7.61. The van der Waals surface area contributed by atoms with Crippen LogP contribution in [-0.4, -0.2) is 43.2 Å². The van der Waals surface area contributed by atoms with E-state index in [9.17, 15) is 18.0 Å². The quantitative estimate of drug-likeness (QED) is 0.896. The van der Waals surface area contributed by atoms with Crippen LogP contribution in [0.5, 0.6) is 0 Å². The van der Waals surface area contributed by atoms with Crippen molar-refractivity contribution >= 4 is 18.3 Å². The summed E-state index contributed by atoms with van der Waals surface area (Å²) in [6.07, 6.45) is -3.93. The zero-order valence-electron chi connectivity index (χ0n) is 12.3. The largest absolute Gasteiger partial charge is 0.406 e. The Balaban J connectivity index is 0.00000242. The molecular formula is C15H20ClF3N2O. The second-order valence-corrected chi connectivity index (χ2v) is 5.47. The molecule has 1 aliphatic rings. The summed E-state index contributed by atoms with van der Waals surface area (Å²) in [7, 11) is 0. The van der Waals surface area contributed by atoms with Crippen LogP contribution in [0.1, 0.15) is 11.1 Å². The molecule has 1 heterocycles. The molecule has 0 unspecified atom stereocenters. The van der Waals surface area contributed by atoms with Crippen molar-refractivity contribution in [1.29, 1.82) is 0 Å². The fraction of sp³-hybridized carbons (Fsp3) is 0.533. The minimum Gasteiger partial charge on any atom is -0.333 e. The maximum atomic E-state index is 12.6.